The molecule has 0 aliphatic carbocycles. The summed E-state index contributed by atoms with van der Waals surface area (Å²) in [6.45, 7) is 0.666. The van der Waals surface area contributed by atoms with Crippen LogP contribution in [0.15, 0.2) is 60.8 Å². The molecule has 1 aromatic heterocycles. The Morgan fingerprint density at radius 2 is 1.91 bits per heavy atom. The molecule has 2 unspecified atom stereocenters. The Labute approximate surface area is 136 Å². The third-order valence-electron chi connectivity index (χ3n) is 4.16. The maximum atomic E-state index is 9.49. The van der Waals surface area contributed by atoms with E-state index >= 15 is 0 Å². The first-order chi connectivity index (χ1) is 11.3. The number of aliphatic hydroxyl groups excluding tert-OH is 1. The number of hydrogen-bond donors (Lipinski definition) is 3. The fraction of sp³-hybridized carbons (Fsp3) is 0.263. The van der Waals surface area contributed by atoms with E-state index in [0.29, 0.717) is 6.54 Å². The predicted octanol–water partition coefficient (Wildman–Crippen LogP) is 3.20. The van der Waals surface area contributed by atoms with Crippen LogP contribution in [-0.2, 0) is 4.74 Å². The van der Waals surface area contributed by atoms with E-state index in [-0.39, 0.29) is 5.92 Å². The molecule has 0 amide bonds. The van der Waals surface area contributed by atoms with Crippen molar-refractivity contribution in [2.24, 2.45) is 0 Å². The van der Waals surface area contributed by atoms with Gasteiger partial charge in [0.2, 0.25) is 6.41 Å². The normalized spacial score (nSPS) is 14.0. The quantitative estimate of drug-likeness (QED) is 0.587. The van der Waals surface area contributed by atoms with Crippen LogP contribution in [0.4, 0.5) is 0 Å². The number of aromatic nitrogens is 1. The lowest BCUT2D eigenvalue weighted by molar-refractivity contribution is -0.0964. The molecule has 0 saturated carbocycles. The molecule has 2 aromatic carbocycles. The number of H-pyrrole nitrogens is 1. The number of hydrogen-bond acceptors (Lipinski definition) is 3. The number of ether oxygens (including phenoxy) is 1. The highest BCUT2D eigenvalue weighted by molar-refractivity contribution is 5.80. The van der Waals surface area contributed by atoms with Gasteiger partial charge in [0.05, 0.1) is 0 Å². The summed E-state index contributed by atoms with van der Waals surface area (Å²) >= 11 is 0. The third kappa shape index (κ3) is 3.79. The minimum atomic E-state index is -0.918. The van der Waals surface area contributed by atoms with Gasteiger partial charge in [0, 0.05) is 31.3 Å². The predicted molar refractivity (Wildman–Crippen MR) is 92.2 cm³/mol. The summed E-state index contributed by atoms with van der Waals surface area (Å²) in [6.07, 6.45) is 1.92. The first kappa shape index (κ1) is 15.7. The Morgan fingerprint density at radius 3 is 2.70 bits per heavy atom. The maximum Gasteiger partial charge on any atom is 0.213 e. The van der Waals surface area contributed by atoms with E-state index in [9.17, 15) is 5.11 Å². The number of rotatable bonds is 7. The Morgan fingerprint density at radius 1 is 1.09 bits per heavy atom. The van der Waals surface area contributed by atoms with Crippen molar-refractivity contribution in [2.75, 3.05) is 13.7 Å². The molecule has 0 fully saturated rings. The molecule has 2 atom stereocenters. The third-order valence-corrected chi connectivity index (χ3v) is 4.16. The SMILES string of the molecule is COC(O)NCCC(c1ccccc1)c1ccc2[nH]ccc2c1. The van der Waals surface area contributed by atoms with Crippen LogP contribution in [0.2, 0.25) is 0 Å². The van der Waals surface area contributed by atoms with Crippen molar-refractivity contribution in [1.82, 2.24) is 10.3 Å². The van der Waals surface area contributed by atoms with Crippen LogP contribution in [-0.4, -0.2) is 30.2 Å². The molecular weight excluding hydrogens is 288 g/mol. The Balaban J connectivity index is 1.84. The summed E-state index contributed by atoms with van der Waals surface area (Å²) in [5.74, 6) is 0.270. The second-order valence-electron chi connectivity index (χ2n) is 5.62. The Hall–Kier alpha value is -2.14. The van der Waals surface area contributed by atoms with Crippen molar-refractivity contribution in [3.63, 3.8) is 0 Å². The van der Waals surface area contributed by atoms with Crippen molar-refractivity contribution in [3.05, 3.63) is 71.9 Å². The number of aromatic amines is 1. The zero-order valence-corrected chi connectivity index (χ0v) is 13.2. The van der Waals surface area contributed by atoms with Gasteiger partial charge >= 0.3 is 0 Å². The van der Waals surface area contributed by atoms with Gasteiger partial charge < -0.3 is 14.8 Å². The van der Waals surface area contributed by atoms with Crippen molar-refractivity contribution in [3.8, 4) is 0 Å². The lowest BCUT2D eigenvalue weighted by atomic mass is 9.88. The number of nitrogens with one attached hydrogen (secondary N) is 2. The van der Waals surface area contributed by atoms with Gasteiger partial charge in [-0.05, 0) is 41.1 Å². The molecule has 3 aromatic rings. The fourth-order valence-electron chi connectivity index (χ4n) is 2.93. The molecule has 0 radical (unpaired) electrons. The molecule has 0 aliphatic rings. The molecule has 1 heterocycles. The monoisotopic (exact) mass is 310 g/mol. The van der Waals surface area contributed by atoms with Crippen molar-refractivity contribution >= 4 is 10.9 Å². The molecule has 4 nitrogen and oxygen atoms in total. The largest absolute Gasteiger partial charge is 0.361 e. The number of fused-ring (bicyclic) bond motifs is 1. The van der Waals surface area contributed by atoms with Gasteiger partial charge in [-0.15, -0.1) is 0 Å². The molecule has 0 spiro atoms. The van der Waals surface area contributed by atoms with Crippen LogP contribution in [0, 0.1) is 0 Å². The van der Waals surface area contributed by atoms with E-state index < -0.39 is 6.41 Å². The topological polar surface area (TPSA) is 57.3 Å². The van der Waals surface area contributed by atoms with E-state index in [1.807, 2.05) is 12.3 Å². The highest BCUT2D eigenvalue weighted by Crippen LogP contribution is 2.29. The highest BCUT2D eigenvalue weighted by atomic mass is 16.6. The fourth-order valence-corrected chi connectivity index (χ4v) is 2.93. The summed E-state index contributed by atoms with van der Waals surface area (Å²) in [5, 5.41) is 13.7. The van der Waals surface area contributed by atoms with Gasteiger partial charge in [0.15, 0.2) is 0 Å². The van der Waals surface area contributed by atoms with E-state index in [1.54, 1.807) is 0 Å². The van der Waals surface area contributed by atoms with Gasteiger partial charge in [-0.25, -0.2) is 0 Å². The average Bonchev–Trinajstić information content (AvgIpc) is 3.07. The Bertz CT molecular complexity index is 739. The second kappa shape index (κ2) is 7.42. The number of methoxy groups -OCH3 is 1. The van der Waals surface area contributed by atoms with Crippen LogP contribution in [0.3, 0.4) is 0 Å². The molecule has 3 N–H and O–H groups in total. The average molecular weight is 310 g/mol. The highest BCUT2D eigenvalue weighted by Gasteiger charge is 2.15. The minimum absolute atomic E-state index is 0.270. The summed E-state index contributed by atoms with van der Waals surface area (Å²) < 4.78 is 4.83. The van der Waals surface area contributed by atoms with Gasteiger partial charge in [0.1, 0.15) is 0 Å². The molecule has 0 aliphatic heterocycles. The molecule has 120 valence electrons. The molecule has 23 heavy (non-hydrogen) atoms. The molecule has 0 saturated heterocycles. The van der Waals surface area contributed by atoms with Crippen LogP contribution < -0.4 is 5.32 Å². The van der Waals surface area contributed by atoms with Crippen LogP contribution >= 0.6 is 0 Å². The zero-order valence-electron chi connectivity index (χ0n) is 13.2. The molecule has 4 heteroatoms. The van der Waals surface area contributed by atoms with Crippen LogP contribution in [0.5, 0.6) is 0 Å². The van der Waals surface area contributed by atoms with E-state index in [0.717, 1.165) is 11.9 Å². The lowest BCUT2D eigenvalue weighted by Gasteiger charge is -2.20. The number of aliphatic hydroxyl groups is 1. The smallest absolute Gasteiger partial charge is 0.213 e. The zero-order chi connectivity index (χ0) is 16.1. The summed E-state index contributed by atoms with van der Waals surface area (Å²) in [5.41, 5.74) is 3.70. The first-order valence-electron chi connectivity index (χ1n) is 7.84. The van der Waals surface area contributed by atoms with Crippen molar-refractivity contribution < 1.29 is 9.84 Å². The molecule has 0 bridgehead atoms. The second-order valence-corrected chi connectivity index (χ2v) is 5.62. The van der Waals surface area contributed by atoms with Gasteiger partial charge in [-0.2, -0.15) is 0 Å². The maximum absolute atomic E-state index is 9.49. The standard InChI is InChI=1S/C19H22N2O2/c1-23-19(22)21-12-10-17(14-5-3-2-4-6-14)15-7-8-18-16(13-15)9-11-20-18/h2-9,11,13,17,19-22H,10,12H2,1H3. The van der Waals surface area contributed by atoms with Gasteiger partial charge in [-0.1, -0.05) is 36.4 Å². The summed E-state index contributed by atoms with van der Waals surface area (Å²) in [4.78, 5) is 3.23. The Kier molecular flexibility index (Phi) is 5.08. The van der Waals surface area contributed by atoms with Crippen LogP contribution in [0.1, 0.15) is 23.5 Å². The first-order valence-corrected chi connectivity index (χ1v) is 7.84. The molecular formula is C19H22N2O2. The van der Waals surface area contributed by atoms with E-state index in [2.05, 4.69) is 58.8 Å². The van der Waals surface area contributed by atoms with E-state index in [4.69, 9.17) is 4.74 Å². The van der Waals surface area contributed by atoms with Crippen molar-refractivity contribution in [1.29, 1.82) is 0 Å². The van der Waals surface area contributed by atoms with E-state index in [1.165, 1.54) is 23.6 Å². The lowest BCUT2D eigenvalue weighted by Crippen LogP contribution is -2.31. The van der Waals surface area contributed by atoms with Gasteiger partial charge in [-0.3, -0.25) is 5.32 Å². The summed E-state index contributed by atoms with van der Waals surface area (Å²) in [7, 11) is 1.48. The van der Waals surface area contributed by atoms with Crippen LogP contribution in [0.25, 0.3) is 10.9 Å². The van der Waals surface area contributed by atoms with Crippen molar-refractivity contribution in [2.45, 2.75) is 18.8 Å². The number of benzene rings is 2. The minimum Gasteiger partial charge on any atom is -0.361 e. The van der Waals surface area contributed by atoms with Gasteiger partial charge in [0.25, 0.3) is 0 Å². The summed E-state index contributed by atoms with van der Waals surface area (Å²) in [6, 6.07) is 19.1. The molecule has 3 rings (SSSR count).